The first-order valence-electron chi connectivity index (χ1n) is 8.17. The van der Waals surface area contributed by atoms with Crippen LogP contribution in [-0.2, 0) is 19.1 Å². The van der Waals surface area contributed by atoms with Crippen molar-refractivity contribution in [3.8, 4) is 5.75 Å². The lowest BCUT2D eigenvalue weighted by atomic mass is 9.81. The van der Waals surface area contributed by atoms with Gasteiger partial charge < -0.3 is 9.47 Å². The molecule has 0 saturated carbocycles. The SMILES string of the molecule is Cc1cc(OCC(=O)NN2C(=O)[C@@H]3[C@H](C2=O)[C@@H]2CC[C@@H]3O2)ccc1Cl. The Morgan fingerprint density at radius 1 is 1.28 bits per heavy atom. The minimum atomic E-state index is -0.567. The van der Waals surface area contributed by atoms with E-state index in [1.807, 2.05) is 6.92 Å². The van der Waals surface area contributed by atoms with Gasteiger partial charge in [0.1, 0.15) is 5.75 Å². The standard InChI is InChI=1S/C17H17ClN2O5/c1-8-6-9(2-3-10(8)18)24-7-13(21)19-20-16(22)14-11-4-5-12(25-11)15(14)17(20)23/h2-3,6,11-12,14-15H,4-5,7H2,1H3,(H,19,21)/t11-,12-,14-,15+/m0/s1. The lowest BCUT2D eigenvalue weighted by molar-refractivity contribution is -0.151. The number of aryl methyl sites for hydroxylation is 1. The Hall–Kier alpha value is -2.12. The largest absolute Gasteiger partial charge is 0.484 e. The maximum Gasteiger partial charge on any atom is 0.276 e. The molecule has 1 aromatic carbocycles. The molecule has 3 aliphatic rings. The second kappa shape index (κ2) is 6.00. The highest BCUT2D eigenvalue weighted by Crippen LogP contribution is 2.47. The molecule has 25 heavy (non-hydrogen) atoms. The first-order valence-corrected chi connectivity index (χ1v) is 8.55. The number of imide groups is 1. The van der Waals surface area contributed by atoms with Crippen molar-refractivity contribution in [1.29, 1.82) is 0 Å². The van der Waals surface area contributed by atoms with Gasteiger partial charge in [-0.2, -0.15) is 5.01 Å². The summed E-state index contributed by atoms with van der Waals surface area (Å²) in [6, 6.07) is 5.03. The Morgan fingerprint density at radius 2 is 1.92 bits per heavy atom. The molecule has 132 valence electrons. The second-order valence-electron chi connectivity index (χ2n) is 6.59. The molecule has 8 heteroatoms. The first-order chi connectivity index (χ1) is 12.0. The molecule has 3 saturated heterocycles. The Bertz CT molecular complexity index is 739. The number of nitrogens with one attached hydrogen (secondary N) is 1. The number of rotatable bonds is 4. The highest BCUT2D eigenvalue weighted by molar-refractivity contribution is 6.31. The lowest BCUT2D eigenvalue weighted by Crippen LogP contribution is -2.49. The number of amides is 3. The topological polar surface area (TPSA) is 84.9 Å². The minimum absolute atomic E-state index is 0.207. The molecule has 1 aromatic rings. The second-order valence-corrected chi connectivity index (χ2v) is 7.00. The molecule has 3 heterocycles. The minimum Gasteiger partial charge on any atom is -0.484 e. The molecule has 0 aliphatic carbocycles. The number of hydrazine groups is 1. The molecule has 0 radical (unpaired) electrons. The Kier molecular flexibility index (Phi) is 3.92. The number of nitrogens with zero attached hydrogens (tertiary/aromatic N) is 1. The van der Waals surface area contributed by atoms with Crippen molar-refractivity contribution in [3.05, 3.63) is 28.8 Å². The fourth-order valence-corrected chi connectivity index (χ4v) is 3.95. The number of benzene rings is 1. The number of carbonyl (C=O) groups is 3. The highest BCUT2D eigenvalue weighted by atomic mass is 35.5. The van der Waals surface area contributed by atoms with E-state index in [4.69, 9.17) is 21.1 Å². The maximum absolute atomic E-state index is 12.4. The van der Waals surface area contributed by atoms with Gasteiger partial charge in [0.25, 0.3) is 17.7 Å². The molecule has 3 amide bonds. The Balaban J connectivity index is 1.37. The summed E-state index contributed by atoms with van der Waals surface area (Å²) in [6.45, 7) is 1.52. The molecule has 7 nitrogen and oxygen atoms in total. The van der Waals surface area contributed by atoms with Crippen LogP contribution < -0.4 is 10.2 Å². The van der Waals surface area contributed by atoms with Crippen LogP contribution >= 0.6 is 11.6 Å². The number of halogens is 1. The van der Waals surface area contributed by atoms with E-state index < -0.39 is 29.6 Å². The van der Waals surface area contributed by atoms with Crippen LogP contribution in [0.25, 0.3) is 0 Å². The van der Waals surface area contributed by atoms with Gasteiger partial charge in [0.05, 0.1) is 24.0 Å². The first kappa shape index (κ1) is 16.4. The van der Waals surface area contributed by atoms with E-state index >= 15 is 0 Å². The van der Waals surface area contributed by atoms with Gasteiger partial charge in [0.15, 0.2) is 6.61 Å². The number of hydrogen-bond donors (Lipinski definition) is 1. The zero-order valence-electron chi connectivity index (χ0n) is 13.5. The van der Waals surface area contributed by atoms with Crippen molar-refractivity contribution in [1.82, 2.24) is 10.4 Å². The van der Waals surface area contributed by atoms with E-state index in [-0.39, 0.29) is 18.8 Å². The van der Waals surface area contributed by atoms with Crippen LogP contribution in [0.4, 0.5) is 0 Å². The molecule has 4 rings (SSSR count). The summed E-state index contributed by atoms with van der Waals surface area (Å²) < 4.78 is 11.0. The zero-order valence-corrected chi connectivity index (χ0v) is 14.3. The fraction of sp³-hybridized carbons (Fsp3) is 0.471. The summed E-state index contributed by atoms with van der Waals surface area (Å²) in [4.78, 5) is 36.9. The molecular formula is C17H17ClN2O5. The molecule has 1 N–H and O–H groups in total. The van der Waals surface area contributed by atoms with Gasteiger partial charge in [-0.1, -0.05) is 11.6 Å². The molecule has 0 unspecified atom stereocenters. The van der Waals surface area contributed by atoms with Crippen LogP contribution in [-0.4, -0.2) is 41.5 Å². The van der Waals surface area contributed by atoms with Crippen molar-refractivity contribution in [3.63, 3.8) is 0 Å². The molecule has 0 aromatic heterocycles. The van der Waals surface area contributed by atoms with Crippen molar-refractivity contribution >= 4 is 29.3 Å². The summed E-state index contributed by atoms with van der Waals surface area (Å²) in [5.74, 6) is -1.80. The summed E-state index contributed by atoms with van der Waals surface area (Å²) in [5.41, 5.74) is 3.19. The molecule has 3 aliphatic heterocycles. The molecule has 4 atom stereocenters. The molecule has 3 fully saturated rings. The third-order valence-electron chi connectivity index (χ3n) is 5.02. The summed E-state index contributed by atoms with van der Waals surface area (Å²) in [5, 5.41) is 1.44. The van der Waals surface area contributed by atoms with Crippen molar-refractivity contribution in [2.45, 2.75) is 32.0 Å². The Morgan fingerprint density at radius 3 is 2.52 bits per heavy atom. The van der Waals surface area contributed by atoms with Crippen LogP contribution in [0.15, 0.2) is 18.2 Å². The van der Waals surface area contributed by atoms with Gasteiger partial charge in [-0.05, 0) is 43.5 Å². The van der Waals surface area contributed by atoms with Crippen LogP contribution in [0.5, 0.6) is 5.75 Å². The predicted molar refractivity (Wildman–Crippen MR) is 86.6 cm³/mol. The molecule has 0 spiro atoms. The van der Waals surface area contributed by atoms with E-state index in [1.165, 1.54) is 0 Å². The molecule has 2 bridgehead atoms. The number of carbonyl (C=O) groups excluding carboxylic acids is 3. The van der Waals surface area contributed by atoms with E-state index in [1.54, 1.807) is 18.2 Å². The van der Waals surface area contributed by atoms with Crippen molar-refractivity contribution < 1.29 is 23.9 Å². The van der Waals surface area contributed by atoms with Crippen molar-refractivity contribution in [2.24, 2.45) is 11.8 Å². The van der Waals surface area contributed by atoms with Gasteiger partial charge in [0, 0.05) is 5.02 Å². The van der Waals surface area contributed by atoms with Crippen molar-refractivity contribution in [2.75, 3.05) is 6.61 Å². The average Bonchev–Trinajstić information content (AvgIpc) is 3.26. The normalized spacial score (nSPS) is 29.9. The van der Waals surface area contributed by atoms with Gasteiger partial charge in [-0.3, -0.25) is 19.8 Å². The van der Waals surface area contributed by atoms with E-state index in [0.717, 1.165) is 23.4 Å². The quantitative estimate of drug-likeness (QED) is 0.812. The average molecular weight is 365 g/mol. The summed E-state index contributed by atoms with van der Waals surface area (Å²) >= 11 is 5.94. The summed E-state index contributed by atoms with van der Waals surface area (Å²) in [6.07, 6.45) is 1.15. The number of fused-ring (bicyclic) bond motifs is 5. The monoisotopic (exact) mass is 364 g/mol. The van der Waals surface area contributed by atoms with Crippen LogP contribution in [0.3, 0.4) is 0 Å². The Labute approximate surface area is 149 Å². The van der Waals surface area contributed by atoms with Crippen LogP contribution in [0.1, 0.15) is 18.4 Å². The number of ether oxygens (including phenoxy) is 2. The maximum atomic E-state index is 12.4. The van der Waals surface area contributed by atoms with Crippen LogP contribution in [0, 0.1) is 18.8 Å². The number of hydrogen-bond acceptors (Lipinski definition) is 5. The van der Waals surface area contributed by atoms with E-state index in [2.05, 4.69) is 5.43 Å². The third kappa shape index (κ3) is 2.67. The van der Waals surface area contributed by atoms with Gasteiger partial charge in [0.2, 0.25) is 0 Å². The van der Waals surface area contributed by atoms with E-state index in [0.29, 0.717) is 10.8 Å². The zero-order chi connectivity index (χ0) is 17.7. The predicted octanol–water partition coefficient (Wildman–Crippen LogP) is 1.22. The highest BCUT2D eigenvalue weighted by Gasteiger charge is 2.62. The smallest absolute Gasteiger partial charge is 0.276 e. The van der Waals surface area contributed by atoms with Gasteiger partial charge in [-0.25, -0.2) is 0 Å². The van der Waals surface area contributed by atoms with Crippen LogP contribution in [0.2, 0.25) is 5.02 Å². The molecular weight excluding hydrogens is 348 g/mol. The third-order valence-corrected chi connectivity index (χ3v) is 5.44. The lowest BCUT2D eigenvalue weighted by Gasteiger charge is -2.18. The fourth-order valence-electron chi connectivity index (χ4n) is 3.84. The van der Waals surface area contributed by atoms with Gasteiger partial charge in [-0.15, -0.1) is 0 Å². The van der Waals surface area contributed by atoms with E-state index in [9.17, 15) is 14.4 Å². The summed E-state index contributed by atoms with van der Waals surface area (Å²) in [7, 11) is 0. The van der Waals surface area contributed by atoms with Gasteiger partial charge >= 0.3 is 0 Å².